The van der Waals surface area contributed by atoms with Crippen molar-refractivity contribution in [1.29, 1.82) is 0 Å². The van der Waals surface area contributed by atoms with Gasteiger partial charge in [0.15, 0.2) is 0 Å². The summed E-state index contributed by atoms with van der Waals surface area (Å²) in [6.07, 6.45) is 2.20. The monoisotopic (exact) mass is 512 g/mol. The first kappa shape index (κ1) is 28.9. The van der Waals surface area contributed by atoms with E-state index in [9.17, 15) is 30.0 Å². The zero-order valence-electron chi connectivity index (χ0n) is 21.1. The summed E-state index contributed by atoms with van der Waals surface area (Å²) in [6, 6.07) is 4.83. The molecular weight excluding hydrogens is 476 g/mol. The van der Waals surface area contributed by atoms with Gasteiger partial charge in [-0.25, -0.2) is 9.59 Å². The molecule has 0 spiro atoms. The predicted octanol–water partition coefficient (Wildman–Crippen LogP) is 2.65. The lowest BCUT2D eigenvalue weighted by atomic mass is 10.0. The van der Waals surface area contributed by atoms with Crippen LogP contribution in [0.1, 0.15) is 66.2 Å². The third kappa shape index (κ3) is 9.34. The molecule has 0 saturated heterocycles. The molecule has 0 fully saturated rings. The van der Waals surface area contributed by atoms with E-state index in [-0.39, 0.29) is 36.4 Å². The average Bonchev–Trinajstić information content (AvgIpc) is 3.26. The molecule has 12 heteroatoms. The van der Waals surface area contributed by atoms with Gasteiger partial charge in [-0.1, -0.05) is 0 Å². The number of carbonyl (C=O) groups excluding carboxylic acids is 2. The van der Waals surface area contributed by atoms with Crippen LogP contribution in [0.15, 0.2) is 24.3 Å². The summed E-state index contributed by atoms with van der Waals surface area (Å²) in [5.74, 6) is -2.70. The van der Waals surface area contributed by atoms with Crippen molar-refractivity contribution in [2.75, 3.05) is 13.2 Å². The largest absolute Gasteiger partial charge is 0.492 e. The van der Waals surface area contributed by atoms with E-state index in [0.29, 0.717) is 48.4 Å². The van der Waals surface area contributed by atoms with E-state index in [1.165, 1.54) is 24.3 Å². The Hall–Kier alpha value is -3.38. The molecule has 2 rings (SSSR count). The highest BCUT2D eigenvalue weighted by Gasteiger charge is 2.23. The van der Waals surface area contributed by atoms with Crippen molar-refractivity contribution in [2.24, 2.45) is 0 Å². The van der Waals surface area contributed by atoms with E-state index in [1.807, 2.05) is 27.7 Å². The lowest BCUT2D eigenvalue weighted by molar-refractivity contribution is -0.147. The predicted molar refractivity (Wildman–Crippen MR) is 126 cm³/mol. The highest BCUT2D eigenvalue weighted by molar-refractivity contribution is 5.70. The number of aromatic nitrogens is 2. The third-order valence-corrected chi connectivity index (χ3v) is 5.36. The molecular formula is C24H36N2O10. The second-order valence-electron chi connectivity index (χ2n) is 9.54. The van der Waals surface area contributed by atoms with Crippen LogP contribution in [0.25, 0.3) is 0 Å². The second kappa shape index (κ2) is 12.5. The van der Waals surface area contributed by atoms with Crippen LogP contribution in [0, 0.1) is 0 Å². The number of rotatable bonds is 15. The summed E-state index contributed by atoms with van der Waals surface area (Å²) in [5, 5.41) is 38.0. The van der Waals surface area contributed by atoms with Crippen LogP contribution in [0.2, 0.25) is 0 Å². The number of ether oxygens (including phenoxy) is 2. The Morgan fingerprint density at radius 3 is 1.53 bits per heavy atom. The summed E-state index contributed by atoms with van der Waals surface area (Å²) >= 11 is 0. The van der Waals surface area contributed by atoms with E-state index >= 15 is 0 Å². The fourth-order valence-electron chi connectivity index (χ4n) is 3.23. The van der Waals surface area contributed by atoms with Crippen molar-refractivity contribution in [3.8, 4) is 23.5 Å². The number of nitrogens with zero attached hydrogens (tertiary/aromatic N) is 2. The Bertz CT molecular complexity index is 970. The zero-order chi connectivity index (χ0) is 26.9. The normalized spacial score (nSPS) is 12.0. The summed E-state index contributed by atoms with van der Waals surface area (Å²) in [5.41, 5.74) is -0.991. The number of hydrogen-bond acceptors (Lipinski definition) is 10. The molecule has 2 heterocycles. The molecule has 202 valence electrons. The van der Waals surface area contributed by atoms with Crippen molar-refractivity contribution in [2.45, 2.75) is 77.4 Å². The van der Waals surface area contributed by atoms with Gasteiger partial charge >= 0.3 is 11.9 Å². The smallest absolute Gasteiger partial charge is 0.333 e. The SMILES string of the molecule is CC(C)(CCCC(=O)On1c(O)ccc1O)OCCC(C)(C)OCCCC(=O)On1c(O)ccc1O. The Labute approximate surface area is 209 Å². The van der Waals surface area contributed by atoms with Gasteiger partial charge in [0, 0.05) is 37.3 Å². The Morgan fingerprint density at radius 2 is 1.06 bits per heavy atom. The van der Waals surface area contributed by atoms with Gasteiger partial charge < -0.3 is 39.6 Å². The average molecular weight is 513 g/mol. The van der Waals surface area contributed by atoms with Crippen molar-refractivity contribution < 1.29 is 49.2 Å². The van der Waals surface area contributed by atoms with Crippen LogP contribution in [0.3, 0.4) is 0 Å². The Morgan fingerprint density at radius 1 is 0.667 bits per heavy atom. The van der Waals surface area contributed by atoms with Crippen molar-refractivity contribution in [3.63, 3.8) is 0 Å². The molecule has 2 aromatic heterocycles. The van der Waals surface area contributed by atoms with Gasteiger partial charge in [-0.05, 0) is 53.4 Å². The maximum absolute atomic E-state index is 11.9. The molecule has 36 heavy (non-hydrogen) atoms. The molecule has 0 saturated carbocycles. The van der Waals surface area contributed by atoms with Gasteiger partial charge in [-0.15, -0.1) is 9.46 Å². The molecule has 0 radical (unpaired) electrons. The fourth-order valence-corrected chi connectivity index (χ4v) is 3.23. The van der Waals surface area contributed by atoms with E-state index in [0.717, 1.165) is 0 Å². The topological polar surface area (TPSA) is 162 Å². The van der Waals surface area contributed by atoms with E-state index in [1.54, 1.807) is 0 Å². The van der Waals surface area contributed by atoms with Gasteiger partial charge in [-0.2, -0.15) is 0 Å². The quantitative estimate of drug-likeness (QED) is 0.261. The molecule has 0 unspecified atom stereocenters. The van der Waals surface area contributed by atoms with Gasteiger partial charge in [0.25, 0.3) is 0 Å². The summed E-state index contributed by atoms with van der Waals surface area (Å²) < 4.78 is 13.1. The maximum atomic E-state index is 11.9. The van der Waals surface area contributed by atoms with Gasteiger partial charge in [0.05, 0.1) is 24.2 Å². The standard InChI is InChI=1S/C24H36N2O10/c1-23(2,13-5-7-21(31)35-25-17(27)9-10-18(25)28)34-16-14-24(3,4)33-15-6-8-22(32)36-26-19(29)11-12-20(26)30/h9-12,27-30H,5-8,13-16H2,1-4H3. The second-order valence-corrected chi connectivity index (χ2v) is 9.54. The van der Waals surface area contributed by atoms with Crippen LogP contribution >= 0.6 is 0 Å². The first-order valence-corrected chi connectivity index (χ1v) is 11.7. The first-order valence-electron chi connectivity index (χ1n) is 11.7. The minimum Gasteiger partial charge on any atom is -0.492 e. The number of aromatic hydroxyl groups is 4. The minimum absolute atomic E-state index is 0.0443. The Kier molecular flexibility index (Phi) is 10.1. The first-order chi connectivity index (χ1) is 16.8. The lowest BCUT2D eigenvalue weighted by Gasteiger charge is -2.29. The molecule has 0 aliphatic rings. The van der Waals surface area contributed by atoms with Crippen molar-refractivity contribution >= 4 is 11.9 Å². The molecule has 2 aromatic rings. The minimum atomic E-state index is -0.617. The molecule has 0 amide bonds. The van der Waals surface area contributed by atoms with Gasteiger partial charge in [0.2, 0.25) is 23.5 Å². The number of carbonyl (C=O) groups is 2. The van der Waals surface area contributed by atoms with E-state index in [4.69, 9.17) is 19.1 Å². The fraction of sp³-hybridized carbons (Fsp3) is 0.583. The van der Waals surface area contributed by atoms with Crippen molar-refractivity contribution in [1.82, 2.24) is 9.46 Å². The lowest BCUT2D eigenvalue weighted by Crippen LogP contribution is -2.31. The van der Waals surface area contributed by atoms with Crippen LogP contribution in [0.5, 0.6) is 23.5 Å². The molecule has 4 N–H and O–H groups in total. The van der Waals surface area contributed by atoms with Crippen LogP contribution < -0.4 is 9.68 Å². The highest BCUT2D eigenvalue weighted by atomic mass is 16.7. The molecule has 0 bridgehead atoms. The highest BCUT2D eigenvalue weighted by Crippen LogP contribution is 2.23. The van der Waals surface area contributed by atoms with Crippen molar-refractivity contribution in [3.05, 3.63) is 24.3 Å². The number of hydrogen-bond donors (Lipinski definition) is 4. The molecule has 0 aliphatic carbocycles. The molecule has 0 atom stereocenters. The summed E-state index contributed by atoms with van der Waals surface area (Å²) in [4.78, 5) is 33.6. The van der Waals surface area contributed by atoms with E-state index in [2.05, 4.69) is 0 Å². The third-order valence-electron chi connectivity index (χ3n) is 5.36. The van der Waals surface area contributed by atoms with Crippen LogP contribution in [-0.4, -0.2) is 66.2 Å². The van der Waals surface area contributed by atoms with Gasteiger partial charge in [-0.3, -0.25) is 0 Å². The van der Waals surface area contributed by atoms with Crippen LogP contribution in [0.4, 0.5) is 0 Å². The summed E-state index contributed by atoms with van der Waals surface area (Å²) in [6.45, 7) is 8.40. The van der Waals surface area contributed by atoms with Crippen LogP contribution in [-0.2, 0) is 19.1 Å². The molecule has 0 aromatic carbocycles. The van der Waals surface area contributed by atoms with Gasteiger partial charge in [0.1, 0.15) is 0 Å². The Balaban J connectivity index is 1.60. The maximum Gasteiger partial charge on any atom is 0.333 e. The molecule has 12 nitrogen and oxygen atoms in total. The zero-order valence-corrected chi connectivity index (χ0v) is 21.1. The summed E-state index contributed by atoms with van der Waals surface area (Å²) in [7, 11) is 0. The molecule has 0 aliphatic heterocycles. The van der Waals surface area contributed by atoms with E-state index < -0.39 is 23.1 Å².